The number of allylic oxidation sites excluding steroid dienone is 5. The summed E-state index contributed by atoms with van der Waals surface area (Å²) in [6, 6.07) is 1.74. The standard InChI is InChI=1S/C15H17F3N4O2/c1-10(14-13(9-19)20-22-21-14)7-12(15(16,17)18)8-11(2)24-6-4-3-5-23/h7-8,23H,1,3-6H2,2H3,(H,20,21,22)/b11-8+,12-7+. The van der Waals surface area contributed by atoms with Gasteiger partial charge in [0.2, 0.25) is 0 Å². The summed E-state index contributed by atoms with van der Waals surface area (Å²) in [6.07, 6.45) is -1.97. The molecule has 0 aliphatic rings. The van der Waals surface area contributed by atoms with Gasteiger partial charge in [0.1, 0.15) is 11.8 Å². The molecule has 0 amide bonds. The SMILES string of the molecule is C=C(/C=C(\C=C(/C)OCCCCO)C(F)(F)F)c1nn[nH]c1C#N. The number of rotatable bonds is 8. The van der Waals surface area contributed by atoms with Gasteiger partial charge < -0.3 is 9.84 Å². The van der Waals surface area contributed by atoms with E-state index in [1.807, 2.05) is 0 Å². The lowest BCUT2D eigenvalue weighted by Gasteiger charge is -2.11. The van der Waals surface area contributed by atoms with Crippen molar-refractivity contribution in [3.05, 3.63) is 41.5 Å². The fourth-order valence-electron chi connectivity index (χ4n) is 1.70. The lowest BCUT2D eigenvalue weighted by Crippen LogP contribution is -2.11. The molecule has 0 unspecified atom stereocenters. The van der Waals surface area contributed by atoms with Crippen LogP contribution >= 0.6 is 0 Å². The molecule has 0 spiro atoms. The first kappa shape index (κ1) is 19.4. The maximum atomic E-state index is 13.2. The Balaban J connectivity index is 2.97. The number of hydrogen-bond acceptors (Lipinski definition) is 5. The van der Waals surface area contributed by atoms with Gasteiger partial charge in [0.25, 0.3) is 0 Å². The van der Waals surface area contributed by atoms with Crippen LogP contribution in [0.2, 0.25) is 0 Å². The van der Waals surface area contributed by atoms with Crippen molar-refractivity contribution in [1.29, 1.82) is 5.26 Å². The third kappa shape index (κ3) is 5.89. The van der Waals surface area contributed by atoms with Crippen LogP contribution in [-0.4, -0.2) is 39.9 Å². The van der Waals surface area contributed by atoms with E-state index in [0.717, 1.165) is 12.2 Å². The summed E-state index contributed by atoms with van der Waals surface area (Å²) in [4.78, 5) is 0. The monoisotopic (exact) mass is 342 g/mol. The molecule has 0 aliphatic heterocycles. The molecule has 0 aliphatic carbocycles. The van der Waals surface area contributed by atoms with Crippen molar-refractivity contribution >= 4 is 5.57 Å². The molecule has 0 atom stereocenters. The second kappa shape index (κ2) is 8.88. The van der Waals surface area contributed by atoms with Gasteiger partial charge in [0.15, 0.2) is 5.69 Å². The Morgan fingerprint density at radius 3 is 2.71 bits per heavy atom. The number of halogens is 3. The van der Waals surface area contributed by atoms with Crippen molar-refractivity contribution in [2.45, 2.75) is 25.9 Å². The molecule has 24 heavy (non-hydrogen) atoms. The van der Waals surface area contributed by atoms with Gasteiger partial charge in [-0.1, -0.05) is 11.8 Å². The summed E-state index contributed by atoms with van der Waals surface area (Å²) < 4.78 is 44.6. The molecular formula is C15H17F3N4O2. The molecule has 1 aromatic heterocycles. The van der Waals surface area contributed by atoms with E-state index in [-0.39, 0.29) is 35.9 Å². The first-order chi connectivity index (χ1) is 11.3. The number of alkyl halides is 3. The smallest absolute Gasteiger partial charge is 0.416 e. The van der Waals surface area contributed by atoms with Crippen LogP contribution in [0.3, 0.4) is 0 Å². The first-order valence-electron chi connectivity index (χ1n) is 7.01. The molecule has 0 fully saturated rings. The van der Waals surface area contributed by atoms with Gasteiger partial charge >= 0.3 is 6.18 Å². The number of nitrogens with zero attached hydrogens (tertiary/aromatic N) is 3. The summed E-state index contributed by atoms with van der Waals surface area (Å²) >= 11 is 0. The molecule has 130 valence electrons. The minimum atomic E-state index is -4.63. The van der Waals surface area contributed by atoms with Crippen LogP contribution in [0.15, 0.2) is 30.1 Å². The van der Waals surface area contributed by atoms with E-state index in [1.165, 1.54) is 6.92 Å². The van der Waals surface area contributed by atoms with Crippen molar-refractivity contribution in [2.75, 3.05) is 13.2 Å². The number of unbranched alkanes of at least 4 members (excludes halogenated alkanes) is 1. The summed E-state index contributed by atoms with van der Waals surface area (Å²) in [7, 11) is 0. The molecule has 1 heterocycles. The minimum Gasteiger partial charge on any atom is -0.498 e. The zero-order valence-electron chi connectivity index (χ0n) is 13.0. The molecular weight excluding hydrogens is 325 g/mol. The van der Waals surface area contributed by atoms with Crippen LogP contribution in [0.25, 0.3) is 5.57 Å². The Bertz CT molecular complexity index is 669. The maximum Gasteiger partial charge on any atom is 0.416 e. The van der Waals surface area contributed by atoms with Crippen molar-refractivity contribution in [3.8, 4) is 6.07 Å². The van der Waals surface area contributed by atoms with Crippen LogP contribution in [0, 0.1) is 11.3 Å². The van der Waals surface area contributed by atoms with Crippen LogP contribution < -0.4 is 0 Å². The van der Waals surface area contributed by atoms with Crippen molar-refractivity contribution in [2.24, 2.45) is 0 Å². The highest BCUT2D eigenvalue weighted by molar-refractivity contribution is 5.73. The van der Waals surface area contributed by atoms with Gasteiger partial charge in [-0.25, -0.2) is 5.10 Å². The zero-order valence-corrected chi connectivity index (χ0v) is 13.0. The van der Waals surface area contributed by atoms with E-state index >= 15 is 0 Å². The second-order valence-electron chi connectivity index (χ2n) is 4.80. The van der Waals surface area contributed by atoms with Gasteiger partial charge in [-0.15, -0.1) is 5.10 Å². The topological polar surface area (TPSA) is 94.8 Å². The van der Waals surface area contributed by atoms with E-state index in [9.17, 15) is 13.2 Å². The molecule has 0 saturated heterocycles. The van der Waals surface area contributed by atoms with E-state index in [0.29, 0.717) is 12.8 Å². The van der Waals surface area contributed by atoms with Crippen molar-refractivity contribution in [1.82, 2.24) is 15.4 Å². The molecule has 0 bridgehead atoms. The first-order valence-corrected chi connectivity index (χ1v) is 7.01. The number of nitrogens with one attached hydrogen (secondary N) is 1. The highest BCUT2D eigenvalue weighted by atomic mass is 19.4. The Morgan fingerprint density at radius 2 is 2.12 bits per heavy atom. The van der Waals surface area contributed by atoms with Crippen LogP contribution in [-0.2, 0) is 4.74 Å². The lowest BCUT2D eigenvalue weighted by molar-refractivity contribution is -0.0884. The Labute approximate surface area is 136 Å². The van der Waals surface area contributed by atoms with Gasteiger partial charge in [-0.05, 0) is 37.5 Å². The summed E-state index contributed by atoms with van der Waals surface area (Å²) in [5.41, 5.74) is -1.20. The third-order valence-electron chi connectivity index (χ3n) is 2.86. The minimum absolute atomic E-state index is 0.00141. The average molecular weight is 342 g/mol. The normalized spacial score (nSPS) is 12.8. The number of H-pyrrole nitrogens is 1. The second-order valence-corrected chi connectivity index (χ2v) is 4.80. The highest BCUT2D eigenvalue weighted by Crippen LogP contribution is 2.30. The molecule has 1 aromatic rings. The molecule has 2 N–H and O–H groups in total. The average Bonchev–Trinajstić information content (AvgIpc) is 2.98. The number of aromatic nitrogens is 3. The summed E-state index contributed by atoms with van der Waals surface area (Å²) in [5.74, 6) is 0.0741. The van der Waals surface area contributed by atoms with E-state index in [1.54, 1.807) is 6.07 Å². The van der Waals surface area contributed by atoms with Crippen molar-refractivity contribution < 1.29 is 23.0 Å². The number of hydrogen-bond donors (Lipinski definition) is 2. The molecule has 6 nitrogen and oxygen atoms in total. The van der Waals surface area contributed by atoms with E-state index in [2.05, 4.69) is 22.0 Å². The van der Waals surface area contributed by atoms with Gasteiger partial charge in [0.05, 0.1) is 17.9 Å². The fraction of sp³-hybridized carbons (Fsp3) is 0.400. The largest absolute Gasteiger partial charge is 0.498 e. The molecule has 0 saturated carbocycles. The number of aromatic amines is 1. The van der Waals surface area contributed by atoms with Crippen molar-refractivity contribution in [3.63, 3.8) is 0 Å². The van der Waals surface area contributed by atoms with E-state index in [4.69, 9.17) is 15.1 Å². The van der Waals surface area contributed by atoms with E-state index < -0.39 is 11.7 Å². The number of aliphatic hydroxyl groups is 1. The molecule has 9 heteroatoms. The predicted octanol–water partition coefficient (Wildman–Crippen LogP) is 2.87. The summed E-state index contributed by atoms with van der Waals surface area (Å²) in [5, 5.41) is 26.7. The number of nitriles is 1. The molecule has 1 rings (SSSR count). The number of ether oxygens (including phenoxy) is 1. The summed E-state index contributed by atoms with van der Waals surface area (Å²) in [6.45, 7) is 5.11. The third-order valence-corrected chi connectivity index (χ3v) is 2.86. The predicted molar refractivity (Wildman–Crippen MR) is 80.3 cm³/mol. The Morgan fingerprint density at radius 1 is 1.42 bits per heavy atom. The lowest BCUT2D eigenvalue weighted by atomic mass is 10.1. The molecule has 0 radical (unpaired) electrons. The van der Waals surface area contributed by atoms with Gasteiger partial charge in [-0.3, -0.25) is 0 Å². The van der Waals surface area contributed by atoms with Crippen LogP contribution in [0.4, 0.5) is 13.2 Å². The van der Waals surface area contributed by atoms with Crippen LogP contribution in [0.1, 0.15) is 31.2 Å². The Hall–Kier alpha value is -2.60. The maximum absolute atomic E-state index is 13.2. The number of aliphatic hydroxyl groups excluding tert-OH is 1. The molecule has 0 aromatic carbocycles. The Kier molecular flexibility index (Phi) is 7.20. The highest BCUT2D eigenvalue weighted by Gasteiger charge is 2.32. The van der Waals surface area contributed by atoms with Gasteiger partial charge in [0, 0.05) is 6.61 Å². The van der Waals surface area contributed by atoms with Gasteiger partial charge in [-0.2, -0.15) is 18.4 Å². The fourth-order valence-corrected chi connectivity index (χ4v) is 1.70. The van der Waals surface area contributed by atoms with Crippen LogP contribution in [0.5, 0.6) is 0 Å². The quantitative estimate of drug-likeness (QED) is 0.430. The zero-order chi connectivity index (χ0) is 18.2.